The Hall–Kier alpha value is -3.52. The molecule has 4 N–H and O–H groups in total. The third-order valence-corrected chi connectivity index (χ3v) is 6.27. The van der Waals surface area contributed by atoms with Crippen LogP contribution in [-0.4, -0.2) is 45.7 Å². The molecule has 4 rings (SSSR count). The number of rotatable bonds is 8. The van der Waals surface area contributed by atoms with Crippen molar-refractivity contribution >= 4 is 17.2 Å². The molecule has 1 aliphatic heterocycles. The minimum Gasteiger partial charge on any atom is -0.489 e. The van der Waals surface area contributed by atoms with Crippen LogP contribution < -0.4 is 15.4 Å². The lowest BCUT2D eigenvalue weighted by molar-refractivity contribution is 0.161. The van der Waals surface area contributed by atoms with Gasteiger partial charge in [-0.05, 0) is 56.2 Å². The fourth-order valence-corrected chi connectivity index (χ4v) is 4.18. The largest absolute Gasteiger partial charge is 0.489 e. The Bertz CT molecular complexity index is 1140. The highest BCUT2D eigenvalue weighted by Crippen LogP contribution is 2.36. The van der Waals surface area contributed by atoms with E-state index in [1.54, 1.807) is 30.6 Å². The molecule has 0 bridgehead atoms. The van der Waals surface area contributed by atoms with Crippen molar-refractivity contribution in [3.8, 4) is 5.75 Å². The Morgan fingerprint density at radius 2 is 2.00 bits per heavy atom. The van der Waals surface area contributed by atoms with Crippen LogP contribution in [0.4, 0.5) is 11.5 Å². The molecule has 0 radical (unpaired) electrons. The number of ether oxygens (including phenoxy) is 1. The lowest BCUT2D eigenvalue weighted by Gasteiger charge is -2.48. The molecule has 8 heteroatoms. The zero-order chi connectivity index (χ0) is 23.6. The predicted molar refractivity (Wildman–Crippen MR) is 129 cm³/mol. The first kappa shape index (κ1) is 22.7. The first-order valence-corrected chi connectivity index (χ1v) is 11.0. The molecule has 0 aliphatic carbocycles. The third kappa shape index (κ3) is 4.80. The molecular formula is C25H30N6O2. The van der Waals surface area contributed by atoms with Gasteiger partial charge in [0.1, 0.15) is 18.2 Å². The van der Waals surface area contributed by atoms with Gasteiger partial charge in [-0.3, -0.25) is 5.41 Å². The van der Waals surface area contributed by atoms with Crippen molar-refractivity contribution in [2.75, 3.05) is 30.3 Å². The van der Waals surface area contributed by atoms with E-state index in [9.17, 15) is 5.11 Å². The maximum absolute atomic E-state index is 9.21. The van der Waals surface area contributed by atoms with E-state index in [0.29, 0.717) is 34.9 Å². The first-order valence-electron chi connectivity index (χ1n) is 11.0. The average Bonchev–Trinajstić information content (AvgIpc) is 2.78. The Labute approximate surface area is 194 Å². The van der Waals surface area contributed by atoms with E-state index in [0.717, 1.165) is 42.1 Å². The molecule has 3 aromatic rings. The molecule has 0 saturated carbocycles. The Kier molecular flexibility index (Phi) is 6.29. The number of benzene rings is 1. The summed E-state index contributed by atoms with van der Waals surface area (Å²) in [7, 11) is 0. The lowest BCUT2D eigenvalue weighted by Crippen LogP contribution is -2.55. The third-order valence-electron chi connectivity index (χ3n) is 6.27. The molecule has 1 aromatic carbocycles. The summed E-state index contributed by atoms with van der Waals surface area (Å²) in [6.07, 6.45) is 4.22. The van der Waals surface area contributed by atoms with Gasteiger partial charge in [-0.1, -0.05) is 6.92 Å². The molecule has 1 fully saturated rings. The molecule has 0 amide bonds. The van der Waals surface area contributed by atoms with E-state index in [1.807, 2.05) is 26.0 Å². The zero-order valence-corrected chi connectivity index (χ0v) is 19.3. The second-order valence-corrected chi connectivity index (χ2v) is 9.05. The Morgan fingerprint density at radius 3 is 2.67 bits per heavy atom. The number of nitrogens with two attached hydrogens (primary N) is 1. The van der Waals surface area contributed by atoms with Crippen LogP contribution in [0.1, 0.15) is 41.3 Å². The van der Waals surface area contributed by atoms with Crippen molar-refractivity contribution in [3.05, 3.63) is 70.7 Å². The summed E-state index contributed by atoms with van der Waals surface area (Å²) in [6, 6.07) is 9.18. The standard InChI is InChI=1S/C25H30N6O2/c1-16-11-29-30-17(2)21(16)13-33-19-5-6-22(26)20(10-19)24(27)18-4-7-23(28-12-18)31-14-25(3,15-31)8-9-32/h4-7,10-12,27,32H,8-9,13-15,26H2,1-3H3. The number of nitrogen functional groups attached to an aromatic ring is 1. The van der Waals surface area contributed by atoms with Crippen molar-refractivity contribution in [3.63, 3.8) is 0 Å². The molecule has 2 aromatic heterocycles. The Balaban J connectivity index is 1.46. The number of pyridine rings is 1. The van der Waals surface area contributed by atoms with E-state index >= 15 is 0 Å². The summed E-state index contributed by atoms with van der Waals surface area (Å²) in [6.45, 7) is 8.38. The van der Waals surface area contributed by atoms with Crippen LogP contribution in [0.25, 0.3) is 0 Å². The number of hydrogen-bond acceptors (Lipinski definition) is 8. The number of nitrogens with zero attached hydrogens (tertiary/aromatic N) is 4. The quantitative estimate of drug-likeness (QED) is 0.359. The SMILES string of the molecule is Cc1cnnc(C)c1COc1ccc(N)c(C(=N)c2ccc(N3CC(C)(CCO)C3)nc2)c1. The molecule has 172 valence electrons. The molecule has 0 spiro atoms. The molecular weight excluding hydrogens is 416 g/mol. The number of aliphatic hydroxyl groups is 1. The Morgan fingerprint density at radius 1 is 1.21 bits per heavy atom. The highest BCUT2D eigenvalue weighted by molar-refractivity contribution is 6.13. The van der Waals surface area contributed by atoms with Gasteiger partial charge in [-0.25, -0.2) is 4.98 Å². The first-order chi connectivity index (χ1) is 15.8. The van der Waals surface area contributed by atoms with E-state index in [-0.39, 0.29) is 12.0 Å². The smallest absolute Gasteiger partial charge is 0.128 e. The number of aromatic nitrogens is 3. The minimum atomic E-state index is 0.139. The number of hydrogen-bond donors (Lipinski definition) is 3. The van der Waals surface area contributed by atoms with Gasteiger partial charge in [-0.2, -0.15) is 10.2 Å². The van der Waals surface area contributed by atoms with Gasteiger partial charge >= 0.3 is 0 Å². The predicted octanol–water partition coefficient (Wildman–Crippen LogP) is 3.27. The molecule has 33 heavy (non-hydrogen) atoms. The fraction of sp³-hybridized carbons (Fsp3) is 0.360. The van der Waals surface area contributed by atoms with Gasteiger partial charge in [0, 0.05) is 53.7 Å². The van der Waals surface area contributed by atoms with Crippen LogP contribution in [0.3, 0.4) is 0 Å². The normalized spacial score (nSPS) is 14.6. The summed E-state index contributed by atoms with van der Waals surface area (Å²) in [5, 5.41) is 25.9. The average molecular weight is 447 g/mol. The van der Waals surface area contributed by atoms with Crippen molar-refractivity contribution in [1.82, 2.24) is 15.2 Å². The summed E-state index contributed by atoms with van der Waals surface area (Å²) < 4.78 is 5.99. The summed E-state index contributed by atoms with van der Waals surface area (Å²) in [5.74, 6) is 1.51. The van der Waals surface area contributed by atoms with Crippen molar-refractivity contribution in [1.29, 1.82) is 5.41 Å². The van der Waals surface area contributed by atoms with Crippen LogP contribution >= 0.6 is 0 Å². The van der Waals surface area contributed by atoms with Crippen LogP contribution in [0.5, 0.6) is 5.75 Å². The number of aryl methyl sites for hydroxylation is 2. The van der Waals surface area contributed by atoms with Crippen molar-refractivity contribution in [2.24, 2.45) is 5.41 Å². The van der Waals surface area contributed by atoms with Gasteiger partial charge in [0.15, 0.2) is 0 Å². The maximum atomic E-state index is 9.21. The lowest BCUT2D eigenvalue weighted by atomic mass is 9.79. The van der Waals surface area contributed by atoms with Gasteiger partial charge in [-0.15, -0.1) is 0 Å². The summed E-state index contributed by atoms with van der Waals surface area (Å²) in [5.41, 5.74) is 11.3. The van der Waals surface area contributed by atoms with Gasteiger partial charge in [0.2, 0.25) is 0 Å². The van der Waals surface area contributed by atoms with E-state index < -0.39 is 0 Å². The highest BCUT2D eigenvalue weighted by atomic mass is 16.5. The topological polar surface area (TPSA) is 121 Å². The summed E-state index contributed by atoms with van der Waals surface area (Å²) in [4.78, 5) is 6.74. The molecule has 3 heterocycles. The van der Waals surface area contributed by atoms with Crippen LogP contribution in [0.2, 0.25) is 0 Å². The van der Waals surface area contributed by atoms with Gasteiger partial charge in [0.05, 0.1) is 17.6 Å². The monoisotopic (exact) mass is 446 g/mol. The minimum absolute atomic E-state index is 0.139. The second-order valence-electron chi connectivity index (χ2n) is 9.05. The fourth-order valence-electron chi connectivity index (χ4n) is 4.18. The highest BCUT2D eigenvalue weighted by Gasteiger charge is 2.38. The maximum Gasteiger partial charge on any atom is 0.128 e. The van der Waals surface area contributed by atoms with Crippen molar-refractivity contribution in [2.45, 2.75) is 33.8 Å². The van der Waals surface area contributed by atoms with Crippen LogP contribution in [0.15, 0.2) is 42.7 Å². The summed E-state index contributed by atoms with van der Waals surface area (Å²) >= 11 is 0. The van der Waals surface area contributed by atoms with E-state index in [2.05, 4.69) is 27.0 Å². The number of nitrogens with one attached hydrogen (secondary N) is 1. The zero-order valence-electron chi connectivity index (χ0n) is 19.3. The molecule has 0 unspecified atom stereocenters. The van der Waals surface area contributed by atoms with E-state index in [4.69, 9.17) is 15.9 Å². The molecule has 1 aliphatic rings. The van der Waals surface area contributed by atoms with Gasteiger partial charge in [0.25, 0.3) is 0 Å². The van der Waals surface area contributed by atoms with Crippen LogP contribution in [0, 0.1) is 24.7 Å². The molecule has 1 saturated heterocycles. The molecule has 0 atom stereocenters. The van der Waals surface area contributed by atoms with Crippen molar-refractivity contribution < 1.29 is 9.84 Å². The second kappa shape index (κ2) is 9.15. The van der Waals surface area contributed by atoms with Gasteiger partial charge < -0.3 is 20.5 Å². The number of aliphatic hydroxyl groups excluding tert-OH is 1. The molecule has 8 nitrogen and oxygen atoms in total. The number of anilines is 2. The van der Waals surface area contributed by atoms with Crippen LogP contribution in [-0.2, 0) is 6.61 Å². The van der Waals surface area contributed by atoms with E-state index in [1.165, 1.54) is 0 Å².